The molecule has 0 bridgehead atoms. The summed E-state index contributed by atoms with van der Waals surface area (Å²) in [5.41, 5.74) is 0.912. The first-order valence-electron chi connectivity index (χ1n) is 4.78. The second-order valence-electron chi connectivity index (χ2n) is 3.26. The third-order valence-corrected chi connectivity index (χ3v) is 2.67. The lowest BCUT2D eigenvalue weighted by Gasteiger charge is -2.07. The Bertz CT molecular complexity index is 469. The molecule has 2 aromatic carbocycles. The van der Waals surface area contributed by atoms with E-state index in [9.17, 15) is 0 Å². The zero-order valence-electron chi connectivity index (χ0n) is 8.41. The number of halogens is 2. The van der Waals surface area contributed by atoms with Crippen LogP contribution in [0.25, 0.3) is 0 Å². The molecular formula is C13H9Cl2O. The van der Waals surface area contributed by atoms with Gasteiger partial charge in [-0.2, -0.15) is 0 Å². The fourth-order valence-electron chi connectivity index (χ4n) is 1.27. The molecule has 0 saturated carbocycles. The lowest BCUT2D eigenvalue weighted by molar-refractivity contribution is 0.306. The van der Waals surface area contributed by atoms with Gasteiger partial charge in [0.2, 0.25) is 0 Å². The summed E-state index contributed by atoms with van der Waals surface area (Å²) in [6, 6.07) is 15.7. The van der Waals surface area contributed by atoms with E-state index in [2.05, 4.69) is 6.07 Å². The molecule has 0 aliphatic heterocycles. The van der Waals surface area contributed by atoms with Crippen LogP contribution in [0.5, 0.6) is 5.75 Å². The summed E-state index contributed by atoms with van der Waals surface area (Å²) in [4.78, 5) is 0. The predicted molar refractivity (Wildman–Crippen MR) is 66.1 cm³/mol. The van der Waals surface area contributed by atoms with Gasteiger partial charge in [-0.05, 0) is 30.3 Å². The second-order valence-corrected chi connectivity index (χ2v) is 4.11. The van der Waals surface area contributed by atoms with E-state index in [4.69, 9.17) is 27.9 Å². The first-order chi connectivity index (χ1) is 7.75. The first-order valence-corrected chi connectivity index (χ1v) is 5.54. The lowest BCUT2D eigenvalue weighted by atomic mass is 10.2. The molecule has 0 atom stereocenters. The van der Waals surface area contributed by atoms with Crippen molar-refractivity contribution < 1.29 is 4.74 Å². The normalized spacial score (nSPS) is 10.1. The standard InChI is InChI=1S/C13H9Cl2O/c14-11-7-6-10(13(15)8-11)9-16-12-4-2-1-3-5-12/h1-2,4-8H,9H2. The van der Waals surface area contributed by atoms with Gasteiger partial charge in [0.25, 0.3) is 0 Å². The molecule has 2 aromatic rings. The molecule has 0 spiro atoms. The molecular weight excluding hydrogens is 243 g/mol. The molecule has 0 heterocycles. The van der Waals surface area contributed by atoms with Gasteiger partial charge in [0.15, 0.2) is 0 Å². The fourth-order valence-corrected chi connectivity index (χ4v) is 1.73. The molecule has 0 amide bonds. The summed E-state index contributed by atoms with van der Waals surface area (Å²) in [5, 5.41) is 1.24. The van der Waals surface area contributed by atoms with Crippen LogP contribution in [0.1, 0.15) is 5.56 Å². The molecule has 0 saturated heterocycles. The van der Waals surface area contributed by atoms with Gasteiger partial charge in [-0.15, -0.1) is 0 Å². The summed E-state index contributed by atoms with van der Waals surface area (Å²) in [6.07, 6.45) is 0. The molecule has 0 aliphatic rings. The maximum atomic E-state index is 6.02. The van der Waals surface area contributed by atoms with Crippen LogP contribution < -0.4 is 4.74 Å². The Labute approximate surface area is 105 Å². The molecule has 16 heavy (non-hydrogen) atoms. The van der Waals surface area contributed by atoms with Crippen LogP contribution >= 0.6 is 23.2 Å². The van der Waals surface area contributed by atoms with E-state index in [-0.39, 0.29) is 0 Å². The molecule has 0 unspecified atom stereocenters. The minimum absolute atomic E-state index is 0.424. The van der Waals surface area contributed by atoms with Gasteiger partial charge in [-0.1, -0.05) is 41.4 Å². The zero-order chi connectivity index (χ0) is 11.4. The van der Waals surface area contributed by atoms with Crippen LogP contribution in [-0.4, -0.2) is 0 Å². The van der Waals surface area contributed by atoms with Gasteiger partial charge < -0.3 is 4.74 Å². The van der Waals surface area contributed by atoms with Crippen molar-refractivity contribution in [3.8, 4) is 5.75 Å². The monoisotopic (exact) mass is 251 g/mol. The largest absolute Gasteiger partial charge is 0.489 e. The number of ether oxygens (including phenoxy) is 1. The van der Waals surface area contributed by atoms with Crippen LogP contribution in [-0.2, 0) is 6.61 Å². The number of rotatable bonds is 3. The summed E-state index contributed by atoms with van der Waals surface area (Å²) in [7, 11) is 0. The van der Waals surface area contributed by atoms with Crippen molar-refractivity contribution in [2.75, 3.05) is 0 Å². The molecule has 2 rings (SSSR count). The molecule has 0 aromatic heterocycles. The smallest absolute Gasteiger partial charge is 0.120 e. The Balaban J connectivity index is 2.05. The van der Waals surface area contributed by atoms with Crippen molar-refractivity contribution in [1.82, 2.24) is 0 Å². The van der Waals surface area contributed by atoms with Crippen molar-refractivity contribution in [2.45, 2.75) is 6.61 Å². The van der Waals surface area contributed by atoms with Gasteiger partial charge in [0.05, 0.1) is 0 Å². The number of hydrogen-bond donors (Lipinski definition) is 0. The van der Waals surface area contributed by atoms with Crippen molar-refractivity contribution in [3.05, 3.63) is 64.1 Å². The predicted octanol–water partition coefficient (Wildman–Crippen LogP) is 4.37. The third kappa shape index (κ3) is 2.91. The number of hydrogen-bond acceptors (Lipinski definition) is 1. The molecule has 81 valence electrons. The average Bonchev–Trinajstić information content (AvgIpc) is 2.29. The van der Waals surface area contributed by atoms with Crippen molar-refractivity contribution in [1.29, 1.82) is 0 Å². The summed E-state index contributed by atoms with van der Waals surface area (Å²) < 4.78 is 5.55. The fraction of sp³-hybridized carbons (Fsp3) is 0.0769. The highest BCUT2D eigenvalue weighted by Crippen LogP contribution is 2.22. The lowest BCUT2D eigenvalue weighted by Crippen LogP contribution is -1.95. The van der Waals surface area contributed by atoms with Crippen molar-refractivity contribution >= 4 is 23.2 Å². The maximum Gasteiger partial charge on any atom is 0.120 e. The Morgan fingerprint density at radius 1 is 1.19 bits per heavy atom. The Morgan fingerprint density at radius 3 is 2.75 bits per heavy atom. The first kappa shape index (κ1) is 11.3. The van der Waals surface area contributed by atoms with E-state index in [0.29, 0.717) is 16.7 Å². The minimum atomic E-state index is 0.424. The quantitative estimate of drug-likeness (QED) is 0.787. The van der Waals surface area contributed by atoms with Crippen molar-refractivity contribution in [3.63, 3.8) is 0 Å². The van der Waals surface area contributed by atoms with Gasteiger partial charge in [-0.25, -0.2) is 0 Å². The SMILES string of the molecule is Clc1ccc(COc2c[c]ccc2)c(Cl)c1. The minimum Gasteiger partial charge on any atom is -0.489 e. The zero-order valence-corrected chi connectivity index (χ0v) is 9.92. The Morgan fingerprint density at radius 2 is 2.06 bits per heavy atom. The van der Waals surface area contributed by atoms with Gasteiger partial charge in [-0.3, -0.25) is 0 Å². The van der Waals surface area contributed by atoms with Crippen LogP contribution in [0.15, 0.2) is 42.5 Å². The summed E-state index contributed by atoms with van der Waals surface area (Å²) in [6.45, 7) is 0.424. The molecule has 0 N–H and O–H groups in total. The van der Waals surface area contributed by atoms with E-state index < -0.39 is 0 Å². The Hall–Kier alpha value is -1.18. The van der Waals surface area contributed by atoms with E-state index >= 15 is 0 Å². The van der Waals surface area contributed by atoms with Gasteiger partial charge in [0.1, 0.15) is 12.4 Å². The molecule has 0 aliphatic carbocycles. The second kappa shape index (κ2) is 5.24. The van der Waals surface area contributed by atoms with E-state index in [1.54, 1.807) is 18.2 Å². The Kier molecular flexibility index (Phi) is 3.70. The van der Waals surface area contributed by atoms with Crippen LogP contribution in [0.2, 0.25) is 10.0 Å². The topological polar surface area (TPSA) is 9.23 Å². The van der Waals surface area contributed by atoms with Gasteiger partial charge in [0, 0.05) is 15.6 Å². The molecule has 1 radical (unpaired) electrons. The summed E-state index contributed by atoms with van der Waals surface area (Å²) >= 11 is 11.8. The molecule has 0 fully saturated rings. The van der Waals surface area contributed by atoms with E-state index in [0.717, 1.165) is 11.3 Å². The average molecular weight is 252 g/mol. The highest BCUT2D eigenvalue weighted by atomic mass is 35.5. The van der Waals surface area contributed by atoms with Gasteiger partial charge >= 0.3 is 0 Å². The molecule has 1 nitrogen and oxygen atoms in total. The van der Waals surface area contributed by atoms with E-state index in [1.807, 2.05) is 24.3 Å². The van der Waals surface area contributed by atoms with E-state index in [1.165, 1.54) is 0 Å². The van der Waals surface area contributed by atoms with Crippen molar-refractivity contribution in [2.24, 2.45) is 0 Å². The maximum absolute atomic E-state index is 6.02. The third-order valence-electron chi connectivity index (χ3n) is 2.09. The van der Waals surface area contributed by atoms with Crippen LogP contribution in [0, 0.1) is 6.07 Å². The van der Waals surface area contributed by atoms with Crippen LogP contribution in [0.3, 0.4) is 0 Å². The summed E-state index contributed by atoms with van der Waals surface area (Å²) in [5.74, 6) is 0.772. The molecule has 3 heteroatoms. The highest BCUT2D eigenvalue weighted by molar-refractivity contribution is 6.35. The highest BCUT2D eigenvalue weighted by Gasteiger charge is 2.01. The number of benzene rings is 2. The van der Waals surface area contributed by atoms with Crippen LogP contribution in [0.4, 0.5) is 0 Å².